The van der Waals surface area contributed by atoms with Gasteiger partial charge in [0, 0.05) is 23.5 Å². The number of thiazole rings is 1. The molecule has 0 aliphatic carbocycles. The van der Waals surface area contributed by atoms with Crippen LogP contribution in [0.1, 0.15) is 47.8 Å². The van der Waals surface area contributed by atoms with Crippen molar-refractivity contribution in [1.29, 1.82) is 0 Å². The number of hydrogen-bond donors (Lipinski definition) is 1. The van der Waals surface area contributed by atoms with Crippen LogP contribution in [-0.4, -0.2) is 11.6 Å². The van der Waals surface area contributed by atoms with Crippen LogP contribution >= 0.6 is 11.3 Å². The minimum Gasteiger partial charge on any atom is -0.493 e. The van der Waals surface area contributed by atoms with Crippen molar-refractivity contribution in [3.8, 4) is 5.75 Å². The van der Waals surface area contributed by atoms with Crippen LogP contribution in [0.2, 0.25) is 0 Å². The zero-order chi connectivity index (χ0) is 14.1. The lowest BCUT2D eigenvalue weighted by Gasteiger charge is -2.19. The van der Waals surface area contributed by atoms with Gasteiger partial charge in [-0.15, -0.1) is 11.3 Å². The first kappa shape index (κ1) is 13.6. The van der Waals surface area contributed by atoms with Crippen molar-refractivity contribution in [2.75, 3.05) is 6.61 Å². The zero-order valence-corrected chi connectivity index (χ0v) is 13.0. The average molecular weight is 288 g/mol. The summed E-state index contributed by atoms with van der Waals surface area (Å²) in [5.41, 5.74) is 3.74. The molecule has 1 aromatic carbocycles. The van der Waals surface area contributed by atoms with E-state index in [1.165, 1.54) is 11.1 Å². The van der Waals surface area contributed by atoms with Crippen LogP contribution in [0.5, 0.6) is 5.75 Å². The first-order valence-corrected chi connectivity index (χ1v) is 7.95. The fraction of sp³-hybridized carbons (Fsp3) is 0.438. The molecule has 0 radical (unpaired) electrons. The van der Waals surface area contributed by atoms with Crippen molar-refractivity contribution in [3.05, 3.63) is 45.4 Å². The summed E-state index contributed by atoms with van der Waals surface area (Å²) < 4.78 is 5.56. The van der Waals surface area contributed by atoms with Crippen LogP contribution in [0.15, 0.2) is 23.6 Å². The molecule has 1 aromatic heterocycles. The van der Waals surface area contributed by atoms with Crippen molar-refractivity contribution < 1.29 is 4.74 Å². The van der Waals surface area contributed by atoms with E-state index in [2.05, 4.69) is 47.7 Å². The molecule has 2 atom stereocenters. The van der Waals surface area contributed by atoms with E-state index in [-0.39, 0.29) is 6.04 Å². The highest BCUT2D eigenvalue weighted by Crippen LogP contribution is 2.29. The molecule has 1 aliphatic rings. The standard InChI is InChI=1S/C16H20N2OS/c1-10-9-20-16(17-10)12(3)18-11(2)13-4-5-15-14(8-13)6-7-19-15/h4-5,8-9,11-12,18H,6-7H2,1-3H3. The highest BCUT2D eigenvalue weighted by Gasteiger charge is 2.17. The lowest BCUT2D eigenvalue weighted by molar-refractivity contribution is 0.356. The van der Waals surface area contributed by atoms with E-state index in [1.54, 1.807) is 11.3 Å². The maximum absolute atomic E-state index is 5.56. The van der Waals surface area contributed by atoms with Crippen molar-refractivity contribution in [1.82, 2.24) is 10.3 Å². The normalized spacial score (nSPS) is 16.6. The van der Waals surface area contributed by atoms with Crippen LogP contribution in [-0.2, 0) is 6.42 Å². The largest absolute Gasteiger partial charge is 0.493 e. The molecule has 1 N–H and O–H groups in total. The van der Waals surface area contributed by atoms with Gasteiger partial charge in [-0.05, 0) is 38.0 Å². The Balaban J connectivity index is 1.71. The molecule has 1 aliphatic heterocycles. The highest BCUT2D eigenvalue weighted by molar-refractivity contribution is 7.09. The third-order valence-electron chi connectivity index (χ3n) is 3.72. The van der Waals surface area contributed by atoms with E-state index < -0.39 is 0 Å². The molecule has 0 saturated carbocycles. The van der Waals surface area contributed by atoms with Gasteiger partial charge in [-0.2, -0.15) is 0 Å². The zero-order valence-electron chi connectivity index (χ0n) is 12.1. The van der Waals surface area contributed by atoms with Crippen LogP contribution in [0.25, 0.3) is 0 Å². The topological polar surface area (TPSA) is 34.1 Å². The number of aryl methyl sites for hydroxylation is 1. The quantitative estimate of drug-likeness (QED) is 0.929. The second-order valence-corrected chi connectivity index (χ2v) is 6.29. The molecular weight excluding hydrogens is 268 g/mol. The van der Waals surface area contributed by atoms with E-state index in [9.17, 15) is 0 Å². The summed E-state index contributed by atoms with van der Waals surface area (Å²) in [6.07, 6.45) is 1.02. The van der Waals surface area contributed by atoms with Gasteiger partial charge in [-0.1, -0.05) is 12.1 Å². The maximum Gasteiger partial charge on any atom is 0.122 e. The van der Waals surface area contributed by atoms with Crippen LogP contribution in [0.3, 0.4) is 0 Å². The summed E-state index contributed by atoms with van der Waals surface area (Å²) in [6, 6.07) is 7.09. The van der Waals surface area contributed by atoms with E-state index in [4.69, 9.17) is 4.74 Å². The highest BCUT2D eigenvalue weighted by atomic mass is 32.1. The fourth-order valence-electron chi connectivity index (χ4n) is 2.59. The Labute approximate surface area is 124 Å². The number of benzene rings is 1. The Morgan fingerprint density at radius 3 is 2.90 bits per heavy atom. The van der Waals surface area contributed by atoms with E-state index in [0.717, 1.165) is 29.5 Å². The molecule has 0 bridgehead atoms. The van der Waals surface area contributed by atoms with Crippen molar-refractivity contribution in [3.63, 3.8) is 0 Å². The van der Waals surface area contributed by atoms with Crippen molar-refractivity contribution in [2.45, 2.75) is 39.3 Å². The molecule has 0 saturated heterocycles. The van der Waals surface area contributed by atoms with Gasteiger partial charge in [0.1, 0.15) is 10.8 Å². The third-order valence-corrected chi connectivity index (χ3v) is 4.87. The molecule has 3 nitrogen and oxygen atoms in total. The summed E-state index contributed by atoms with van der Waals surface area (Å²) in [6.45, 7) is 7.23. The number of rotatable bonds is 4. The number of fused-ring (bicyclic) bond motifs is 1. The Morgan fingerprint density at radius 1 is 1.30 bits per heavy atom. The Hall–Kier alpha value is -1.39. The minimum absolute atomic E-state index is 0.271. The van der Waals surface area contributed by atoms with Gasteiger partial charge in [-0.25, -0.2) is 4.98 Å². The van der Waals surface area contributed by atoms with E-state index >= 15 is 0 Å². The third kappa shape index (κ3) is 2.72. The number of aromatic nitrogens is 1. The molecule has 0 amide bonds. The molecule has 0 fully saturated rings. The maximum atomic E-state index is 5.56. The predicted octanol–water partition coefficient (Wildman–Crippen LogP) is 3.80. The average Bonchev–Trinajstić information content (AvgIpc) is 3.05. The number of ether oxygens (including phenoxy) is 1. The lowest BCUT2D eigenvalue weighted by Crippen LogP contribution is -2.22. The van der Waals surface area contributed by atoms with Gasteiger partial charge in [0.15, 0.2) is 0 Å². The van der Waals surface area contributed by atoms with Crippen LogP contribution in [0.4, 0.5) is 0 Å². The predicted molar refractivity (Wildman–Crippen MR) is 82.5 cm³/mol. The summed E-state index contributed by atoms with van der Waals surface area (Å²) >= 11 is 1.72. The van der Waals surface area contributed by atoms with Crippen LogP contribution in [0, 0.1) is 6.92 Å². The van der Waals surface area contributed by atoms with Gasteiger partial charge in [0.05, 0.1) is 12.6 Å². The van der Waals surface area contributed by atoms with Crippen LogP contribution < -0.4 is 10.1 Å². The van der Waals surface area contributed by atoms with E-state index in [1.807, 2.05) is 6.92 Å². The number of hydrogen-bond acceptors (Lipinski definition) is 4. The number of nitrogens with zero attached hydrogens (tertiary/aromatic N) is 1. The fourth-order valence-corrected chi connectivity index (χ4v) is 3.40. The van der Waals surface area contributed by atoms with Gasteiger partial charge >= 0.3 is 0 Å². The Morgan fingerprint density at radius 2 is 2.15 bits per heavy atom. The summed E-state index contributed by atoms with van der Waals surface area (Å²) in [5, 5.41) is 6.88. The first-order valence-electron chi connectivity index (χ1n) is 7.07. The molecule has 3 rings (SSSR count). The first-order chi connectivity index (χ1) is 9.63. The van der Waals surface area contributed by atoms with Gasteiger partial charge in [0.25, 0.3) is 0 Å². The van der Waals surface area contributed by atoms with Crippen molar-refractivity contribution >= 4 is 11.3 Å². The Kier molecular flexibility index (Phi) is 3.76. The Bertz CT molecular complexity index is 608. The second-order valence-electron chi connectivity index (χ2n) is 5.40. The number of nitrogens with one attached hydrogen (secondary N) is 1. The monoisotopic (exact) mass is 288 g/mol. The van der Waals surface area contributed by atoms with Gasteiger partial charge in [0.2, 0.25) is 0 Å². The van der Waals surface area contributed by atoms with E-state index in [0.29, 0.717) is 6.04 Å². The molecule has 4 heteroatoms. The second kappa shape index (κ2) is 5.54. The molecular formula is C16H20N2OS. The minimum atomic E-state index is 0.271. The summed E-state index contributed by atoms with van der Waals surface area (Å²) in [4.78, 5) is 4.55. The van der Waals surface area contributed by atoms with Crippen molar-refractivity contribution in [2.24, 2.45) is 0 Å². The smallest absolute Gasteiger partial charge is 0.122 e. The lowest BCUT2D eigenvalue weighted by atomic mass is 10.0. The molecule has 2 aromatic rings. The summed E-state index contributed by atoms with van der Waals surface area (Å²) in [5.74, 6) is 1.05. The molecule has 20 heavy (non-hydrogen) atoms. The molecule has 106 valence electrons. The SMILES string of the molecule is Cc1csc(C(C)NC(C)c2ccc3c(c2)CCO3)n1. The van der Waals surface area contributed by atoms with Gasteiger partial charge < -0.3 is 10.1 Å². The molecule has 0 spiro atoms. The summed E-state index contributed by atoms with van der Waals surface area (Å²) in [7, 11) is 0. The van der Waals surface area contributed by atoms with Gasteiger partial charge in [-0.3, -0.25) is 0 Å². The molecule has 2 unspecified atom stereocenters. The molecule has 2 heterocycles.